The zero-order valence-electron chi connectivity index (χ0n) is 12.7. The Morgan fingerprint density at radius 3 is 2.48 bits per heavy atom. The normalized spacial score (nSPS) is 11.2. The predicted molar refractivity (Wildman–Crippen MR) is 88.7 cm³/mol. The monoisotopic (exact) mass is 334 g/mol. The number of rotatable bonds is 7. The lowest BCUT2D eigenvalue weighted by atomic mass is 10.2. The van der Waals surface area contributed by atoms with Gasteiger partial charge in [-0.15, -0.1) is 6.58 Å². The van der Waals surface area contributed by atoms with E-state index in [2.05, 4.69) is 16.6 Å². The molecule has 0 radical (unpaired) electrons. The van der Waals surface area contributed by atoms with Crippen LogP contribution < -0.4 is 10.0 Å². The summed E-state index contributed by atoms with van der Waals surface area (Å²) in [5.41, 5.74) is 1.18. The third-order valence-corrected chi connectivity index (χ3v) is 4.30. The molecular formula is C16H18N2O4S. The van der Waals surface area contributed by atoms with Crippen molar-refractivity contribution in [3.8, 4) is 0 Å². The van der Waals surface area contributed by atoms with Gasteiger partial charge in [0.25, 0.3) is 5.91 Å². The van der Waals surface area contributed by atoms with Crippen LogP contribution in [0.15, 0.2) is 53.5 Å². The molecule has 0 aliphatic heterocycles. The molecule has 0 aliphatic rings. The first-order valence-electron chi connectivity index (χ1n) is 6.94. The SMILES string of the molecule is C=CCNS(=O)(=O)Cc1ccc(NC(=O)c2ccc(C)o2)cc1. The second-order valence-electron chi connectivity index (χ2n) is 4.96. The molecule has 122 valence electrons. The Bertz CT molecular complexity index is 792. The highest BCUT2D eigenvalue weighted by Crippen LogP contribution is 2.14. The minimum atomic E-state index is -3.40. The maximum atomic E-state index is 11.9. The number of hydrogen-bond acceptors (Lipinski definition) is 4. The molecule has 23 heavy (non-hydrogen) atoms. The van der Waals surface area contributed by atoms with E-state index in [4.69, 9.17) is 4.42 Å². The molecule has 0 aliphatic carbocycles. The molecule has 0 bridgehead atoms. The highest BCUT2D eigenvalue weighted by atomic mass is 32.2. The molecular weight excluding hydrogens is 316 g/mol. The van der Waals surface area contributed by atoms with Crippen molar-refractivity contribution in [2.45, 2.75) is 12.7 Å². The second-order valence-corrected chi connectivity index (χ2v) is 6.76. The molecule has 0 atom stereocenters. The van der Waals surface area contributed by atoms with Gasteiger partial charge in [-0.3, -0.25) is 4.79 Å². The first kappa shape index (κ1) is 17.0. The quantitative estimate of drug-likeness (QED) is 0.761. The number of furan rings is 1. The van der Waals surface area contributed by atoms with Gasteiger partial charge >= 0.3 is 0 Å². The third kappa shape index (κ3) is 5.08. The number of anilines is 1. The smallest absolute Gasteiger partial charge is 0.291 e. The molecule has 0 fully saturated rings. The lowest BCUT2D eigenvalue weighted by molar-refractivity contribution is 0.0995. The van der Waals surface area contributed by atoms with E-state index in [0.717, 1.165) is 0 Å². The number of amides is 1. The number of nitrogens with one attached hydrogen (secondary N) is 2. The van der Waals surface area contributed by atoms with Gasteiger partial charge in [0, 0.05) is 12.2 Å². The average Bonchev–Trinajstić information content (AvgIpc) is 2.94. The molecule has 1 heterocycles. The van der Waals surface area contributed by atoms with Gasteiger partial charge in [0.2, 0.25) is 10.0 Å². The van der Waals surface area contributed by atoms with E-state index in [-0.39, 0.29) is 24.0 Å². The molecule has 0 saturated carbocycles. The Balaban J connectivity index is 1.99. The van der Waals surface area contributed by atoms with E-state index < -0.39 is 10.0 Å². The maximum absolute atomic E-state index is 11.9. The van der Waals surface area contributed by atoms with Crippen molar-refractivity contribution in [2.75, 3.05) is 11.9 Å². The van der Waals surface area contributed by atoms with E-state index >= 15 is 0 Å². The Morgan fingerprint density at radius 2 is 1.91 bits per heavy atom. The lowest BCUT2D eigenvalue weighted by Crippen LogP contribution is -2.25. The fraction of sp³-hybridized carbons (Fsp3) is 0.188. The summed E-state index contributed by atoms with van der Waals surface area (Å²) >= 11 is 0. The predicted octanol–water partition coefficient (Wildman–Crippen LogP) is 2.45. The van der Waals surface area contributed by atoms with Crippen LogP contribution in [0.25, 0.3) is 0 Å². The van der Waals surface area contributed by atoms with Gasteiger partial charge in [-0.2, -0.15) is 0 Å². The van der Waals surface area contributed by atoms with Crippen LogP contribution in [0.2, 0.25) is 0 Å². The van der Waals surface area contributed by atoms with Gasteiger partial charge in [0.15, 0.2) is 5.76 Å². The van der Waals surface area contributed by atoms with Crippen LogP contribution in [-0.2, 0) is 15.8 Å². The molecule has 6 nitrogen and oxygen atoms in total. The van der Waals surface area contributed by atoms with Crippen LogP contribution in [0.4, 0.5) is 5.69 Å². The van der Waals surface area contributed by atoms with E-state index in [0.29, 0.717) is 17.0 Å². The van der Waals surface area contributed by atoms with Gasteiger partial charge in [0.05, 0.1) is 5.75 Å². The second kappa shape index (κ2) is 7.26. The fourth-order valence-corrected chi connectivity index (χ4v) is 3.00. The number of hydrogen-bond donors (Lipinski definition) is 2. The Morgan fingerprint density at radius 1 is 1.22 bits per heavy atom. The summed E-state index contributed by atoms with van der Waals surface area (Å²) in [5, 5.41) is 2.68. The van der Waals surface area contributed by atoms with Gasteiger partial charge in [0.1, 0.15) is 5.76 Å². The van der Waals surface area contributed by atoms with E-state index in [1.165, 1.54) is 6.08 Å². The van der Waals surface area contributed by atoms with Crippen LogP contribution in [-0.4, -0.2) is 20.9 Å². The Kier molecular flexibility index (Phi) is 5.36. The van der Waals surface area contributed by atoms with Crippen LogP contribution in [0.1, 0.15) is 21.9 Å². The summed E-state index contributed by atoms with van der Waals surface area (Å²) in [6, 6.07) is 9.89. The standard InChI is InChI=1S/C16H18N2O4S/c1-3-10-17-23(20,21)11-13-5-7-14(8-6-13)18-16(19)15-9-4-12(2)22-15/h3-9,17H,1,10-11H2,2H3,(H,18,19). The molecule has 0 spiro atoms. The summed E-state index contributed by atoms with van der Waals surface area (Å²) in [5.74, 6) is 0.392. The van der Waals surface area contributed by atoms with Crippen molar-refractivity contribution in [3.05, 3.63) is 66.1 Å². The topological polar surface area (TPSA) is 88.4 Å². The number of benzene rings is 1. The molecule has 1 aromatic carbocycles. The molecule has 1 amide bonds. The van der Waals surface area contributed by atoms with Crippen LogP contribution in [0.5, 0.6) is 0 Å². The van der Waals surface area contributed by atoms with E-state index in [1.807, 2.05) is 0 Å². The van der Waals surface area contributed by atoms with Crippen molar-refractivity contribution in [1.82, 2.24) is 4.72 Å². The first-order valence-corrected chi connectivity index (χ1v) is 8.60. The average molecular weight is 334 g/mol. The van der Waals surface area contributed by atoms with Crippen LogP contribution in [0.3, 0.4) is 0 Å². The largest absolute Gasteiger partial charge is 0.456 e. The van der Waals surface area contributed by atoms with Gasteiger partial charge < -0.3 is 9.73 Å². The number of carbonyl (C=O) groups is 1. The van der Waals surface area contributed by atoms with E-state index in [1.54, 1.807) is 43.3 Å². The number of carbonyl (C=O) groups excluding carboxylic acids is 1. The van der Waals surface area contributed by atoms with Gasteiger partial charge in [-0.25, -0.2) is 13.1 Å². The van der Waals surface area contributed by atoms with Crippen molar-refractivity contribution in [2.24, 2.45) is 0 Å². The minimum Gasteiger partial charge on any atom is -0.456 e. The molecule has 7 heteroatoms. The maximum Gasteiger partial charge on any atom is 0.291 e. The molecule has 2 aromatic rings. The summed E-state index contributed by atoms with van der Waals surface area (Å²) in [6.07, 6.45) is 1.48. The summed E-state index contributed by atoms with van der Waals surface area (Å²) in [7, 11) is -3.40. The van der Waals surface area contributed by atoms with E-state index in [9.17, 15) is 13.2 Å². The molecule has 2 rings (SSSR count). The third-order valence-electron chi connectivity index (χ3n) is 2.98. The molecule has 0 unspecified atom stereocenters. The Labute approximate surface area is 135 Å². The summed E-state index contributed by atoms with van der Waals surface area (Å²) in [6.45, 7) is 5.41. The highest BCUT2D eigenvalue weighted by Gasteiger charge is 2.12. The highest BCUT2D eigenvalue weighted by molar-refractivity contribution is 7.88. The molecule has 2 N–H and O–H groups in total. The molecule has 1 aromatic heterocycles. The van der Waals surface area contributed by atoms with Crippen molar-refractivity contribution in [3.63, 3.8) is 0 Å². The van der Waals surface area contributed by atoms with Gasteiger partial charge in [-0.05, 0) is 36.8 Å². The summed E-state index contributed by atoms with van der Waals surface area (Å²) in [4.78, 5) is 11.9. The first-order chi connectivity index (χ1) is 10.9. The fourth-order valence-electron chi connectivity index (χ4n) is 1.89. The van der Waals surface area contributed by atoms with Crippen molar-refractivity contribution in [1.29, 1.82) is 0 Å². The number of aryl methyl sites for hydroxylation is 1. The van der Waals surface area contributed by atoms with Crippen LogP contribution in [0, 0.1) is 6.92 Å². The van der Waals surface area contributed by atoms with Gasteiger partial charge in [-0.1, -0.05) is 18.2 Å². The summed E-state index contributed by atoms with van der Waals surface area (Å²) < 4.78 is 31.2. The van der Waals surface area contributed by atoms with Crippen LogP contribution >= 0.6 is 0 Å². The lowest BCUT2D eigenvalue weighted by Gasteiger charge is -2.07. The minimum absolute atomic E-state index is 0.132. The zero-order chi connectivity index (χ0) is 16.9. The van der Waals surface area contributed by atoms with Crippen molar-refractivity contribution < 1.29 is 17.6 Å². The van der Waals surface area contributed by atoms with Crippen molar-refractivity contribution >= 4 is 21.6 Å². The molecule has 0 saturated heterocycles. The number of sulfonamides is 1. The zero-order valence-corrected chi connectivity index (χ0v) is 13.5. The Hall–Kier alpha value is -2.38.